The van der Waals surface area contributed by atoms with E-state index in [4.69, 9.17) is 0 Å². The highest BCUT2D eigenvalue weighted by atomic mass is 32.2. The van der Waals surface area contributed by atoms with Crippen LogP contribution in [-0.4, -0.2) is 28.9 Å². The standard InChI is InChI=1S/C15H16N2OS/c18-15(17-9-11-6-8-19-10-11)14-13-4-2-1-3-12(13)5-7-16-14/h1-5,7,11H,6,8-10H2,(H,17,18)/t11-/m1/s1. The maximum absolute atomic E-state index is 12.2. The summed E-state index contributed by atoms with van der Waals surface area (Å²) in [4.78, 5) is 16.5. The number of carbonyl (C=O) groups excluding carboxylic acids is 1. The predicted molar refractivity (Wildman–Crippen MR) is 79.5 cm³/mol. The zero-order valence-corrected chi connectivity index (χ0v) is 11.5. The molecule has 1 aliphatic heterocycles. The number of carbonyl (C=O) groups is 1. The molecule has 1 saturated heterocycles. The van der Waals surface area contributed by atoms with E-state index in [9.17, 15) is 4.79 Å². The molecule has 0 radical (unpaired) electrons. The smallest absolute Gasteiger partial charge is 0.270 e. The fourth-order valence-corrected chi connectivity index (χ4v) is 3.65. The van der Waals surface area contributed by atoms with Gasteiger partial charge < -0.3 is 5.32 Å². The third-order valence-electron chi connectivity index (χ3n) is 3.46. The van der Waals surface area contributed by atoms with Crippen LogP contribution in [-0.2, 0) is 0 Å². The first-order chi connectivity index (χ1) is 9.34. The van der Waals surface area contributed by atoms with E-state index in [0.29, 0.717) is 11.6 Å². The Morgan fingerprint density at radius 3 is 3.11 bits per heavy atom. The molecule has 1 fully saturated rings. The number of nitrogens with one attached hydrogen (secondary N) is 1. The summed E-state index contributed by atoms with van der Waals surface area (Å²) in [7, 11) is 0. The minimum absolute atomic E-state index is 0.0614. The molecule has 0 unspecified atom stereocenters. The van der Waals surface area contributed by atoms with Gasteiger partial charge in [-0.15, -0.1) is 0 Å². The molecule has 2 aromatic rings. The van der Waals surface area contributed by atoms with E-state index in [2.05, 4.69) is 10.3 Å². The number of hydrogen-bond donors (Lipinski definition) is 1. The monoisotopic (exact) mass is 272 g/mol. The third kappa shape index (κ3) is 2.73. The second-order valence-corrected chi connectivity index (χ2v) is 5.97. The van der Waals surface area contributed by atoms with Gasteiger partial charge in [-0.25, -0.2) is 0 Å². The highest BCUT2D eigenvalue weighted by Crippen LogP contribution is 2.22. The van der Waals surface area contributed by atoms with Crippen LogP contribution in [0.1, 0.15) is 16.9 Å². The zero-order chi connectivity index (χ0) is 13.1. The second-order valence-electron chi connectivity index (χ2n) is 4.82. The van der Waals surface area contributed by atoms with Crippen molar-refractivity contribution in [1.82, 2.24) is 10.3 Å². The predicted octanol–water partition coefficient (Wildman–Crippen LogP) is 2.72. The van der Waals surface area contributed by atoms with Crippen molar-refractivity contribution in [2.75, 3.05) is 18.1 Å². The minimum atomic E-state index is -0.0614. The molecule has 4 heteroatoms. The van der Waals surface area contributed by atoms with Crippen LogP contribution in [0.25, 0.3) is 10.8 Å². The normalized spacial score (nSPS) is 18.6. The average Bonchev–Trinajstić information content (AvgIpc) is 2.97. The molecule has 1 aromatic carbocycles. The summed E-state index contributed by atoms with van der Waals surface area (Å²) in [5, 5.41) is 4.99. The van der Waals surface area contributed by atoms with Crippen molar-refractivity contribution >= 4 is 28.4 Å². The summed E-state index contributed by atoms with van der Waals surface area (Å²) in [6, 6.07) is 9.79. The molecule has 98 valence electrons. The van der Waals surface area contributed by atoms with Gasteiger partial charge in [-0.05, 0) is 35.3 Å². The Kier molecular flexibility index (Phi) is 3.69. The maximum Gasteiger partial charge on any atom is 0.270 e. The van der Waals surface area contributed by atoms with Crippen molar-refractivity contribution in [3.05, 3.63) is 42.2 Å². The van der Waals surface area contributed by atoms with Crippen molar-refractivity contribution in [3.63, 3.8) is 0 Å². The van der Waals surface area contributed by atoms with Crippen LogP contribution in [0.3, 0.4) is 0 Å². The lowest BCUT2D eigenvalue weighted by Crippen LogP contribution is -2.30. The van der Waals surface area contributed by atoms with Crippen LogP contribution in [0.4, 0.5) is 0 Å². The molecule has 0 aliphatic carbocycles. The summed E-state index contributed by atoms with van der Waals surface area (Å²) in [5.41, 5.74) is 0.531. The Bertz CT molecular complexity index is 588. The molecule has 3 rings (SSSR count). The number of amides is 1. The lowest BCUT2D eigenvalue weighted by Gasteiger charge is -2.10. The van der Waals surface area contributed by atoms with Crippen LogP contribution in [0, 0.1) is 5.92 Å². The minimum Gasteiger partial charge on any atom is -0.350 e. The summed E-state index contributed by atoms with van der Waals surface area (Å²) >= 11 is 1.97. The highest BCUT2D eigenvalue weighted by Gasteiger charge is 2.17. The summed E-state index contributed by atoms with van der Waals surface area (Å²) in [6.07, 6.45) is 2.90. The van der Waals surface area contributed by atoms with Crippen LogP contribution in [0.5, 0.6) is 0 Å². The maximum atomic E-state index is 12.2. The van der Waals surface area contributed by atoms with E-state index in [1.54, 1.807) is 6.20 Å². The summed E-state index contributed by atoms with van der Waals surface area (Å²) < 4.78 is 0. The fourth-order valence-electron chi connectivity index (χ4n) is 2.37. The van der Waals surface area contributed by atoms with Gasteiger partial charge >= 0.3 is 0 Å². The number of nitrogens with zero attached hydrogens (tertiary/aromatic N) is 1. The van der Waals surface area contributed by atoms with Gasteiger partial charge in [0.05, 0.1) is 0 Å². The number of hydrogen-bond acceptors (Lipinski definition) is 3. The molecule has 19 heavy (non-hydrogen) atoms. The Balaban J connectivity index is 1.77. The number of fused-ring (bicyclic) bond motifs is 1. The van der Waals surface area contributed by atoms with Crippen LogP contribution >= 0.6 is 11.8 Å². The number of pyridine rings is 1. The number of benzene rings is 1. The van der Waals surface area contributed by atoms with Gasteiger partial charge in [0, 0.05) is 18.1 Å². The van der Waals surface area contributed by atoms with E-state index >= 15 is 0 Å². The van der Waals surface area contributed by atoms with Gasteiger partial charge in [0.25, 0.3) is 5.91 Å². The van der Waals surface area contributed by atoms with Crippen molar-refractivity contribution in [2.45, 2.75) is 6.42 Å². The first kappa shape index (κ1) is 12.5. The molecule has 0 saturated carbocycles. The first-order valence-corrected chi connectivity index (χ1v) is 7.70. The van der Waals surface area contributed by atoms with Gasteiger partial charge in [0.2, 0.25) is 0 Å². The molecule has 1 atom stereocenters. The van der Waals surface area contributed by atoms with Gasteiger partial charge in [-0.1, -0.05) is 24.3 Å². The van der Waals surface area contributed by atoms with Crippen LogP contribution in [0.15, 0.2) is 36.5 Å². The summed E-state index contributed by atoms with van der Waals surface area (Å²) in [5.74, 6) is 2.92. The van der Waals surface area contributed by atoms with Crippen molar-refractivity contribution in [1.29, 1.82) is 0 Å². The molecule has 0 spiro atoms. The lowest BCUT2D eigenvalue weighted by atomic mass is 10.1. The van der Waals surface area contributed by atoms with E-state index in [-0.39, 0.29) is 5.91 Å². The topological polar surface area (TPSA) is 42.0 Å². The molecule has 0 bridgehead atoms. The first-order valence-electron chi connectivity index (χ1n) is 6.54. The zero-order valence-electron chi connectivity index (χ0n) is 10.6. The van der Waals surface area contributed by atoms with E-state index < -0.39 is 0 Å². The van der Waals surface area contributed by atoms with Gasteiger partial charge in [0.15, 0.2) is 0 Å². The molecule has 1 amide bonds. The van der Waals surface area contributed by atoms with Crippen molar-refractivity contribution in [3.8, 4) is 0 Å². The van der Waals surface area contributed by atoms with Gasteiger partial charge in [-0.3, -0.25) is 9.78 Å². The molecule has 2 heterocycles. The van der Waals surface area contributed by atoms with E-state index in [0.717, 1.165) is 23.1 Å². The number of aromatic nitrogens is 1. The van der Waals surface area contributed by atoms with Gasteiger partial charge in [0.1, 0.15) is 5.69 Å². The van der Waals surface area contributed by atoms with E-state index in [1.165, 1.54) is 12.2 Å². The lowest BCUT2D eigenvalue weighted by molar-refractivity contribution is 0.0945. The summed E-state index contributed by atoms with van der Waals surface area (Å²) in [6.45, 7) is 0.761. The fraction of sp³-hybridized carbons (Fsp3) is 0.333. The molecular weight excluding hydrogens is 256 g/mol. The molecule has 3 nitrogen and oxygen atoms in total. The highest BCUT2D eigenvalue weighted by molar-refractivity contribution is 7.99. The van der Waals surface area contributed by atoms with Crippen LogP contribution < -0.4 is 5.32 Å². The Hall–Kier alpha value is -1.55. The van der Waals surface area contributed by atoms with Crippen molar-refractivity contribution < 1.29 is 4.79 Å². The Labute approximate surface area is 116 Å². The quantitative estimate of drug-likeness (QED) is 0.934. The van der Waals surface area contributed by atoms with E-state index in [1.807, 2.05) is 42.1 Å². The SMILES string of the molecule is O=C(NC[C@H]1CCSC1)c1nccc2ccccc12. The largest absolute Gasteiger partial charge is 0.350 e. The van der Waals surface area contributed by atoms with Gasteiger partial charge in [-0.2, -0.15) is 11.8 Å². The number of thioether (sulfide) groups is 1. The molecule has 1 aromatic heterocycles. The third-order valence-corrected chi connectivity index (χ3v) is 4.70. The average molecular weight is 272 g/mol. The second kappa shape index (κ2) is 5.61. The van der Waals surface area contributed by atoms with Crippen molar-refractivity contribution in [2.24, 2.45) is 5.92 Å². The molecule has 1 N–H and O–H groups in total. The molecular formula is C15H16N2OS. The Morgan fingerprint density at radius 2 is 2.26 bits per heavy atom. The molecule has 1 aliphatic rings. The Morgan fingerprint density at radius 1 is 1.37 bits per heavy atom. The number of rotatable bonds is 3. The van der Waals surface area contributed by atoms with Crippen LogP contribution in [0.2, 0.25) is 0 Å².